The topological polar surface area (TPSA) is 84.9 Å². The molecular weight excluding hydrogens is 380 g/mol. The highest BCUT2D eigenvalue weighted by Crippen LogP contribution is 2.38. The molecule has 4 nitrogen and oxygen atoms in total. The van der Waals surface area contributed by atoms with Gasteiger partial charge < -0.3 is 5.11 Å². The maximum atomic E-state index is 13.3. The number of nitrogens with zero attached hydrogens (tertiary/aromatic N) is 2. The molecule has 2 atom stereocenters. The monoisotopic (exact) mass is 398 g/mol. The van der Waals surface area contributed by atoms with E-state index >= 15 is 0 Å². The third-order valence-corrected chi connectivity index (χ3v) is 6.02. The largest absolute Gasteiger partial charge is 0.511 e. The van der Waals surface area contributed by atoms with Crippen molar-refractivity contribution in [1.82, 2.24) is 0 Å². The number of aryl methyl sites for hydroxylation is 1. The second-order valence-electron chi connectivity index (χ2n) is 6.01. The van der Waals surface area contributed by atoms with Crippen molar-refractivity contribution in [2.24, 2.45) is 5.92 Å². The average Bonchev–Trinajstić information content (AvgIpc) is 2.68. The first-order valence-corrected chi connectivity index (χ1v) is 9.90. The van der Waals surface area contributed by atoms with Crippen molar-refractivity contribution in [3.8, 4) is 12.1 Å². The zero-order valence-corrected chi connectivity index (χ0v) is 16.6. The first kappa shape index (κ1) is 20.7. The van der Waals surface area contributed by atoms with Crippen molar-refractivity contribution >= 4 is 22.4 Å². The minimum Gasteiger partial charge on any atom is -0.511 e. The molecule has 0 heterocycles. The SMILES string of the molecule is CC/C(O)=C(\C(c1ccc(Cl)cc1)C(C#N)C#N)S(=O)c1ccc(C)cc1. The Labute approximate surface area is 166 Å². The molecule has 0 bridgehead atoms. The third kappa shape index (κ3) is 4.77. The highest BCUT2D eigenvalue weighted by atomic mass is 35.5. The van der Waals surface area contributed by atoms with Crippen LogP contribution in [0.2, 0.25) is 5.02 Å². The van der Waals surface area contributed by atoms with Crippen LogP contribution in [0.5, 0.6) is 0 Å². The fraction of sp³-hybridized carbons (Fsp3) is 0.238. The summed E-state index contributed by atoms with van der Waals surface area (Å²) >= 11 is 5.95. The van der Waals surface area contributed by atoms with Gasteiger partial charge in [-0.05, 0) is 36.8 Å². The van der Waals surface area contributed by atoms with Gasteiger partial charge in [-0.3, -0.25) is 0 Å². The van der Waals surface area contributed by atoms with Crippen LogP contribution in [0.4, 0.5) is 0 Å². The Morgan fingerprint density at radius 1 is 1.11 bits per heavy atom. The zero-order valence-electron chi connectivity index (χ0n) is 15.0. The summed E-state index contributed by atoms with van der Waals surface area (Å²) in [7, 11) is -1.72. The van der Waals surface area contributed by atoms with Crippen LogP contribution in [-0.2, 0) is 10.8 Å². The number of hydrogen-bond acceptors (Lipinski definition) is 4. The number of aliphatic hydroxyl groups is 1. The fourth-order valence-corrected chi connectivity index (χ4v) is 4.33. The van der Waals surface area contributed by atoms with Gasteiger partial charge in [0, 0.05) is 16.3 Å². The maximum Gasteiger partial charge on any atom is 0.144 e. The summed E-state index contributed by atoms with van der Waals surface area (Å²) in [4.78, 5) is 0.681. The van der Waals surface area contributed by atoms with E-state index in [0.29, 0.717) is 15.5 Å². The first-order chi connectivity index (χ1) is 12.9. The lowest BCUT2D eigenvalue weighted by atomic mass is 9.86. The molecule has 0 aliphatic heterocycles. The molecule has 27 heavy (non-hydrogen) atoms. The van der Waals surface area contributed by atoms with Crippen LogP contribution in [0.3, 0.4) is 0 Å². The molecule has 0 radical (unpaired) electrons. The molecule has 0 aliphatic carbocycles. The Hall–Kier alpha value is -2.60. The van der Waals surface area contributed by atoms with Crippen LogP contribution in [0, 0.1) is 35.5 Å². The molecule has 2 aromatic carbocycles. The first-order valence-electron chi connectivity index (χ1n) is 8.38. The van der Waals surface area contributed by atoms with Crippen LogP contribution in [-0.4, -0.2) is 9.32 Å². The molecule has 0 saturated heterocycles. The van der Waals surface area contributed by atoms with Gasteiger partial charge in [-0.2, -0.15) is 10.5 Å². The second-order valence-corrected chi connectivity index (χ2v) is 7.90. The average molecular weight is 399 g/mol. The molecule has 6 heteroatoms. The van der Waals surface area contributed by atoms with E-state index in [1.165, 1.54) is 0 Å². The summed E-state index contributed by atoms with van der Waals surface area (Å²) in [6.45, 7) is 3.65. The van der Waals surface area contributed by atoms with Crippen LogP contribution < -0.4 is 0 Å². The van der Waals surface area contributed by atoms with Gasteiger partial charge >= 0.3 is 0 Å². The Bertz CT molecular complexity index is 924. The van der Waals surface area contributed by atoms with Gasteiger partial charge in [0.25, 0.3) is 0 Å². The van der Waals surface area contributed by atoms with Crippen molar-refractivity contribution in [3.05, 3.63) is 75.3 Å². The maximum absolute atomic E-state index is 13.3. The number of rotatable bonds is 6. The predicted molar refractivity (Wildman–Crippen MR) is 106 cm³/mol. The highest BCUT2D eigenvalue weighted by Gasteiger charge is 2.33. The Balaban J connectivity index is 2.67. The van der Waals surface area contributed by atoms with Gasteiger partial charge in [0.05, 0.1) is 33.8 Å². The van der Waals surface area contributed by atoms with Crippen LogP contribution in [0.25, 0.3) is 0 Å². The van der Waals surface area contributed by atoms with Gasteiger partial charge in [-0.25, -0.2) is 4.21 Å². The predicted octanol–water partition coefficient (Wildman–Crippen LogP) is 5.38. The number of allylic oxidation sites excluding steroid dienone is 2. The van der Waals surface area contributed by atoms with E-state index in [1.54, 1.807) is 43.3 Å². The van der Waals surface area contributed by atoms with Gasteiger partial charge in [0.2, 0.25) is 0 Å². The minimum absolute atomic E-state index is 0.0793. The van der Waals surface area contributed by atoms with E-state index in [4.69, 9.17) is 11.6 Å². The van der Waals surface area contributed by atoms with Crippen LogP contribution in [0.1, 0.15) is 30.4 Å². The van der Waals surface area contributed by atoms with E-state index in [9.17, 15) is 19.8 Å². The molecule has 0 saturated carbocycles. The Kier molecular flexibility index (Phi) is 7.19. The van der Waals surface area contributed by atoms with Crippen molar-refractivity contribution in [3.63, 3.8) is 0 Å². The fourth-order valence-electron chi connectivity index (χ4n) is 2.71. The van der Waals surface area contributed by atoms with E-state index in [0.717, 1.165) is 5.56 Å². The summed E-state index contributed by atoms with van der Waals surface area (Å²) in [6, 6.07) is 17.7. The molecular formula is C21H19ClN2O2S. The molecule has 2 rings (SSSR count). The van der Waals surface area contributed by atoms with Crippen molar-refractivity contribution in [2.75, 3.05) is 0 Å². The normalized spacial score (nSPS) is 14.0. The molecule has 2 aromatic rings. The summed E-state index contributed by atoms with van der Waals surface area (Å²) in [5, 5.41) is 30.1. The molecule has 0 aliphatic rings. The smallest absolute Gasteiger partial charge is 0.144 e. The second kappa shape index (κ2) is 9.37. The number of halogens is 1. The summed E-state index contributed by atoms with van der Waals surface area (Å²) in [5.74, 6) is -2.02. The molecule has 0 fully saturated rings. The molecule has 138 valence electrons. The molecule has 2 unspecified atom stereocenters. The summed E-state index contributed by atoms with van der Waals surface area (Å²) < 4.78 is 13.3. The quantitative estimate of drug-likeness (QED) is 0.661. The zero-order chi connectivity index (χ0) is 20.0. The van der Waals surface area contributed by atoms with Gasteiger partial charge in [-0.1, -0.05) is 48.4 Å². The van der Waals surface area contributed by atoms with Gasteiger partial charge in [0.15, 0.2) is 0 Å². The van der Waals surface area contributed by atoms with Gasteiger partial charge in [0.1, 0.15) is 11.7 Å². The van der Waals surface area contributed by atoms with Crippen molar-refractivity contribution < 1.29 is 9.32 Å². The summed E-state index contributed by atoms with van der Waals surface area (Å²) in [6.07, 6.45) is 0.237. The van der Waals surface area contributed by atoms with E-state index in [2.05, 4.69) is 0 Å². The third-order valence-electron chi connectivity index (χ3n) is 4.18. The number of benzene rings is 2. The van der Waals surface area contributed by atoms with Crippen molar-refractivity contribution in [1.29, 1.82) is 10.5 Å². The minimum atomic E-state index is -1.72. The number of nitriles is 2. The molecule has 0 aromatic heterocycles. The molecule has 1 N–H and O–H groups in total. The van der Waals surface area contributed by atoms with Crippen LogP contribution in [0.15, 0.2) is 64.1 Å². The van der Waals surface area contributed by atoms with Gasteiger partial charge in [-0.15, -0.1) is 0 Å². The molecule has 0 amide bonds. The number of aliphatic hydroxyl groups excluding tert-OH is 1. The highest BCUT2D eigenvalue weighted by molar-refractivity contribution is 7.89. The summed E-state index contributed by atoms with van der Waals surface area (Å²) in [5.41, 5.74) is 1.62. The Morgan fingerprint density at radius 2 is 1.67 bits per heavy atom. The standard InChI is InChI=1S/C21H19ClN2O2S/c1-3-19(25)21(27(26)18-10-4-14(2)5-11-18)20(16(12-23)13-24)15-6-8-17(22)9-7-15/h4-11,16,20,25H,3H2,1-2H3/b21-19-. The van der Waals surface area contributed by atoms with E-state index < -0.39 is 22.6 Å². The van der Waals surface area contributed by atoms with Crippen LogP contribution >= 0.6 is 11.6 Å². The molecule has 0 spiro atoms. The van der Waals surface area contributed by atoms with E-state index in [1.807, 2.05) is 31.2 Å². The van der Waals surface area contributed by atoms with Crippen molar-refractivity contribution in [2.45, 2.75) is 31.1 Å². The lowest BCUT2D eigenvalue weighted by Crippen LogP contribution is -2.18. The van der Waals surface area contributed by atoms with E-state index in [-0.39, 0.29) is 17.1 Å². The lowest BCUT2D eigenvalue weighted by molar-refractivity contribution is 0.385. The Morgan fingerprint density at radius 3 is 2.15 bits per heavy atom. The lowest BCUT2D eigenvalue weighted by Gasteiger charge is -2.22. The number of hydrogen-bond donors (Lipinski definition) is 1.